The van der Waals surface area contributed by atoms with Gasteiger partial charge in [-0.2, -0.15) is 0 Å². The summed E-state index contributed by atoms with van der Waals surface area (Å²) < 4.78 is 0. The summed E-state index contributed by atoms with van der Waals surface area (Å²) in [6.45, 7) is 9.34. The highest BCUT2D eigenvalue weighted by Gasteiger charge is 2.28. The highest BCUT2D eigenvalue weighted by Crippen LogP contribution is 2.37. The number of rotatable bonds is 0. The van der Waals surface area contributed by atoms with E-state index in [1.807, 2.05) is 0 Å². The van der Waals surface area contributed by atoms with Crippen molar-refractivity contribution in [3.63, 3.8) is 0 Å². The molecular weight excluding hydrogens is 759 g/mol. The standard InChI is InChI=1S/C12H25N.C10H21N.C8H17N.2C7H15N.C6H13N.C5H11N/c13-12-10-8-6-4-2-1-3-5-7-9-11-12;1-10(2,3)8-4-6-9(11)7-5-8;9-8-6-4-2-1-3-5-7-8;1-6-2-4-7(8)5-3-6;8-7-5-3-1-2-4-6-7;7-6-4-2-1-3-5-6;6-5-3-1-2-4-5/h12H,1-11,13H2;8-9H,4-7,11H2,1-3H3;8H,1-7,9H2;6-7H,2-5,8H2,1H3;7H,1-6,8H2;6H,1-5,7H2;5H,1-4,6H2. The predicted octanol–water partition coefficient (Wildman–Crippen LogP) is 13.6. The van der Waals surface area contributed by atoms with Crippen LogP contribution in [0.4, 0.5) is 0 Å². The van der Waals surface area contributed by atoms with Crippen molar-refractivity contribution in [1.82, 2.24) is 0 Å². The molecule has 7 fully saturated rings. The molecule has 0 radical (unpaired) electrons. The van der Waals surface area contributed by atoms with Crippen LogP contribution in [0.5, 0.6) is 0 Å². The van der Waals surface area contributed by atoms with Crippen molar-refractivity contribution in [3.8, 4) is 0 Å². The molecule has 7 aliphatic rings. The van der Waals surface area contributed by atoms with Gasteiger partial charge in [0.15, 0.2) is 0 Å². The van der Waals surface area contributed by atoms with Gasteiger partial charge in [-0.25, -0.2) is 0 Å². The second-order valence-corrected chi connectivity index (χ2v) is 22.8. The predicted molar refractivity (Wildman–Crippen MR) is 277 cm³/mol. The second kappa shape index (κ2) is 39.8. The fourth-order valence-electron chi connectivity index (χ4n) is 10.4. The fourth-order valence-corrected chi connectivity index (χ4v) is 10.4. The van der Waals surface area contributed by atoms with Gasteiger partial charge in [-0.1, -0.05) is 175 Å². The van der Waals surface area contributed by atoms with E-state index in [1.165, 1.54) is 263 Å². The zero-order valence-electron chi connectivity index (χ0n) is 42.7. The highest BCUT2D eigenvalue weighted by atomic mass is 14.7. The zero-order chi connectivity index (χ0) is 45.7. The Bertz CT molecular complexity index is 875. The molecule has 0 saturated heterocycles. The van der Waals surface area contributed by atoms with Crippen LogP contribution in [-0.4, -0.2) is 42.3 Å². The van der Waals surface area contributed by atoms with Gasteiger partial charge in [0.2, 0.25) is 0 Å². The highest BCUT2D eigenvalue weighted by molar-refractivity contribution is 4.81. The first-order valence-corrected chi connectivity index (χ1v) is 28.0. The molecule has 62 heavy (non-hydrogen) atoms. The third-order valence-electron chi connectivity index (χ3n) is 15.3. The Balaban J connectivity index is 0.000000366. The van der Waals surface area contributed by atoms with E-state index in [0.717, 1.165) is 11.8 Å². The van der Waals surface area contributed by atoms with Crippen molar-refractivity contribution in [1.29, 1.82) is 0 Å². The smallest absolute Gasteiger partial charge is 0.00390 e. The summed E-state index contributed by atoms with van der Waals surface area (Å²) >= 11 is 0. The Morgan fingerprint density at radius 3 is 0.597 bits per heavy atom. The summed E-state index contributed by atoms with van der Waals surface area (Å²) in [6.07, 6.45) is 55.2. The van der Waals surface area contributed by atoms with Gasteiger partial charge in [-0.15, -0.1) is 0 Å². The summed E-state index contributed by atoms with van der Waals surface area (Å²) in [5, 5.41) is 0. The van der Waals surface area contributed by atoms with Crippen LogP contribution >= 0.6 is 0 Å². The van der Waals surface area contributed by atoms with Crippen LogP contribution in [0.15, 0.2) is 0 Å². The maximum atomic E-state index is 6.01. The van der Waals surface area contributed by atoms with E-state index in [1.54, 1.807) is 0 Å². The third-order valence-corrected chi connectivity index (χ3v) is 15.3. The summed E-state index contributed by atoms with van der Waals surface area (Å²) in [4.78, 5) is 0. The molecule has 0 aromatic rings. The van der Waals surface area contributed by atoms with E-state index in [2.05, 4.69) is 27.7 Å². The molecule has 0 heterocycles. The van der Waals surface area contributed by atoms with Crippen molar-refractivity contribution in [2.24, 2.45) is 57.4 Å². The SMILES string of the molecule is CC(C)(C)C1CCC(N)CC1.CC1CCC(N)CC1.NC1CCCC1.NC1CCCCC1.NC1CCCCCC1.NC1CCCCCCC1.NC1CCCCCCCCCCC1. The number of hydrogen-bond acceptors (Lipinski definition) is 7. The molecule has 0 atom stereocenters. The minimum absolute atomic E-state index is 0.494. The van der Waals surface area contributed by atoms with E-state index >= 15 is 0 Å². The zero-order valence-corrected chi connectivity index (χ0v) is 42.7. The van der Waals surface area contributed by atoms with Crippen LogP contribution < -0.4 is 40.1 Å². The molecule has 0 aliphatic heterocycles. The lowest BCUT2D eigenvalue weighted by atomic mass is 9.71. The van der Waals surface area contributed by atoms with Gasteiger partial charge >= 0.3 is 0 Å². The molecule has 0 aromatic heterocycles. The molecule has 0 unspecified atom stereocenters. The monoisotopic (exact) mass is 876 g/mol. The van der Waals surface area contributed by atoms with Crippen LogP contribution in [0.2, 0.25) is 0 Å². The lowest BCUT2D eigenvalue weighted by Gasteiger charge is -2.35. The van der Waals surface area contributed by atoms with Crippen molar-refractivity contribution >= 4 is 0 Å². The lowest BCUT2D eigenvalue weighted by molar-refractivity contribution is 0.170. The average Bonchev–Trinajstić information content (AvgIpc) is 3.59. The maximum absolute atomic E-state index is 6.01. The van der Waals surface area contributed by atoms with Gasteiger partial charge in [-0.3, -0.25) is 0 Å². The molecule has 7 rings (SSSR count). The fraction of sp³-hybridized carbons (Fsp3) is 1.00. The second-order valence-electron chi connectivity index (χ2n) is 22.8. The lowest BCUT2D eigenvalue weighted by Crippen LogP contribution is -2.31. The summed E-state index contributed by atoms with van der Waals surface area (Å²) in [5.41, 5.74) is 40.8. The van der Waals surface area contributed by atoms with Gasteiger partial charge in [0, 0.05) is 42.3 Å². The van der Waals surface area contributed by atoms with Gasteiger partial charge in [0.1, 0.15) is 0 Å². The molecule has 7 saturated carbocycles. The molecule has 7 aliphatic carbocycles. The Labute approximate surface area is 389 Å². The van der Waals surface area contributed by atoms with E-state index < -0.39 is 0 Å². The molecular formula is C55H117N7. The van der Waals surface area contributed by atoms with Gasteiger partial charge < -0.3 is 40.1 Å². The Kier molecular flexibility index (Phi) is 38.4. The normalized spacial score (nSPS) is 28.5. The van der Waals surface area contributed by atoms with E-state index in [4.69, 9.17) is 40.1 Å². The molecule has 0 spiro atoms. The van der Waals surface area contributed by atoms with Crippen LogP contribution in [-0.2, 0) is 0 Å². The number of nitrogens with two attached hydrogens (primary N) is 7. The minimum atomic E-state index is 0.494. The van der Waals surface area contributed by atoms with Crippen LogP contribution in [0.3, 0.4) is 0 Å². The molecule has 7 heteroatoms. The number of hydrogen-bond donors (Lipinski definition) is 7. The molecule has 7 nitrogen and oxygen atoms in total. The van der Waals surface area contributed by atoms with Crippen LogP contribution in [0.1, 0.15) is 291 Å². The first-order chi connectivity index (χ1) is 29.8. The summed E-state index contributed by atoms with van der Waals surface area (Å²) in [5.74, 6) is 1.84. The minimum Gasteiger partial charge on any atom is -0.328 e. The van der Waals surface area contributed by atoms with Gasteiger partial charge in [0.05, 0.1) is 0 Å². The first-order valence-electron chi connectivity index (χ1n) is 28.0. The maximum Gasteiger partial charge on any atom is 0.00390 e. The van der Waals surface area contributed by atoms with E-state index in [0.29, 0.717) is 47.7 Å². The topological polar surface area (TPSA) is 182 Å². The Morgan fingerprint density at radius 2 is 0.387 bits per heavy atom. The average molecular weight is 877 g/mol. The third kappa shape index (κ3) is 37.9. The summed E-state index contributed by atoms with van der Waals surface area (Å²) in [6, 6.07) is 3.64. The van der Waals surface area contributed by atoms with Crippen LogP contribution in [0, 0.1) is 17.3 Å². The van der Waals surface area contributed by atoms with Gasteiger partial charge in [-0.05, 0) is 133 Å². The van der Waals surface area contributed by atoms with Crippen LogP contribution in [0.25, 0.3) is 0 Å². The van der Waals surface area contributed by atoms with Crippen molar-refractivity contribution < 1.29 is 0 Å². The quantitative estimate of drug-likeness (QED) is 0.118. The Hall–Kier alpha value is -0.280. The molecule has 14 N–H and O–H groups in total. The summed E-state index contributed by atoms with van der Waals surface area (Å²) in [7, 11) is 0. The Morgan fingerprint density at radius 1 is 0.226 bits per heavy atom. The first kappa shape index (κ1) is 59.7. The molecule has 0 bridgehead atoms. The largest absolute Gasteiger partial charge is 0.328 e. The van der Waals surface area contributed by atoms with E-state index in [9.17, 15) is 0 Å². The van der Waals surface area contributed by atoms with Crippen molar-refractivity contribution in [3.05, 3.63) is 0 Å². The molecule has 0 aromatic carbocycles. The molecule has 372 valence electrons. The van der Waals surface area contributed by atoms with E-state index in [-0.39, 0.29) is 0 Å². The van der Waals surface area contributed by atoms with Gasteiger partial charge in [0.25, 0.3) is 0 Å². The van der Waals surface area contributed by atoms with Crippen molar-refractivity contribution in [2.75, 3.05) is 0 Å². The molecule has 0 amide bonds. The van der Waals surface area contributed by atoms with Crippen molar-refractivity contribution in [2.45, 2.75) is 333 Å².